The molecule has 0 saturated carbocycles. The standard InChI is InChI=1S/C7H8N4/c1-9-6-2-4-7(5-3-6)10-11-8/h2-5,9H,1H3. The Hall–Kier alpha value is -1.67. The molecule has 1 aromatic rings. The van der Waals surface area contributed by atoms with Gasteiger partial charge in [0, 0.05) is 23.3 Å². The van der Waals surface area contributed by atoms with Crippen LogP contribution in [-0.4, -0.2) is 7.05 Å². The highest BCUT2D eigenvalue weighted by molar-refractivity contribution is 5.50. The van der Waals surface area contributed by atoms with Crippen LogP contribution in [0.5, 0.6) is 0 Å². The fourth-order valence-corrected chi connectivity index (χ4v) is 0.746. The van der Waals surface area contributed by atoms with E-state index >= 15 is 0 Å². The van der Waals surface area contributed by atoms with E-state index in [4.69, 9.17) is 5.53 Å². The molecule has 0 fully saturated rings. The maximum Gasteiger partial charge on any atom is 0.0376 e. The Morgan fingerprint density at radius 2 is 2.00 bits per heavy atom. The summed E-state index contributed by atoms with van der Waals surface area (Å²) in [6.45, 7) is 0. The second-order valence-corrected chi connectivity index (χ2v) is 1.99. The number of nitrogens with zero attached hydrogens (tertiary/aromatic N) is 3. The Balaban J connectivity index is 2.91. The van der Waals surface area contributed by atoms with Crippen LogP contribution in [0.4, 0.5) is 11.4 Å². The van der Waals surface area contributed by atoms with E-state index in [1.165, 1.54) is 0 Å². The van der Waals surface area contributed by atoms with E-state index in [0.717, 1.165) is 5.69 Å². The van der Waals surface area contributed by atoms with Gasteiger partial charge in [0.05, 0.1) is 0 Å². The number of nitrogens with one attached hydrogen (secondary N) is 1. The zero-order chi connectivity index (χ0) is 8.10. The molecule has 1 N–H and O–H groups in total. The molecule has 0 atom stereocenters. The quantitative estimate of drug-likeness (QED) is 0.391. The third-order valence-electron chi connectivity index (χ3n) is 1.32. The molecular formula is C7H8N4. The molecule has 56 valence electrons. The van der Waals surface area contributed by atoms with Gasteiger partial charge < -0.3 is 5.32 Å². The molecule has 1 rings (SSSR count). The van der Waals surface area contributed by atoms with Crippen LogP contribution in [0.15, 0.2) is 29.4 Å². The Labute approximate surface area is 64.5 Å². The highest BCUT2D eigenvalue weighted by Crippen LogP contribution is 2.15. The second-order valence-electron chi connectivity index (χ2n) is 1.99. The van der Waals surface area contributed by atoms with Gasteiger partial charge in [0.2, 0.25) is 0 Å². The Bertz CT molecular complexity index is 271. The predicted molar refractivity (Wildman–Crippen MR) is 44.8 cm³/mol. The summed E-state index contributed by atoms with van der Waals surface area (Å²) in [5, 5.41) is 6.40. The van der Waals surface area contributed by atoms with Gasteiger partial charge in [0.25, 0.3) is 0 Å². The zero-order valence-corrected chi connectivity index (χ0v) is 6.15. The molecule has 4 nitrogen and oxygen atoms in total. The van der Waals surface area contributed by atoms with E-state index < -0.39 is 0 Å². The van der Waals surface area contributed by atoms with E-state index in [0.29, 0.717) is 5.69 Å². The monoisotopic (exact) mass is 148 g/mol. The molecule has 1 aromatic carbocycles. The number of azide groups is 1. The maximum absolute atomic E-state index is 8.09. The van der Waals surface area contributed by atoms with Crippen LogP contribution in [-0.2, 0) is 0 Å². The molecule has 0 aliphatic rings. The average molecular weight is 148 g/mol. The summed E-state index contributed by atoms with van der Waals surface area (Å²) >= 11 is 0. The normalized spacial score (nSPS) is 8.45. The third-order valence-corrected chi connectivity index (χ3v) is 1.32. The lowest BCUT2D eigenvalue weighted by atomic mass is 10.3. The lowest BCUT2D eigenvalue weighted by molar-refractivity contribution is 1.45. The van der Waals surface area contributed by atoms with Crippen LogP contribution < -0.4 is 5.32 Å². The molecule has 0 saturated heterocycles. The highest BCUT2D eigenvalue weighted by atomic mass is 15.1. The van der Waals surface area contributed by atoms with E-state index in [2.05, 4.69) is 15.3 Å². The van der Waals surface area contributed by atoms with E-state index in [1.54, 1.807) is 12.1 Å². The molecule has 0 amide bonds. The first kappa shape index (κ1) is 7.44. The SMILES string of the molecule is CNc1ccc(N=[N+]=[N-])cc1. The number of hydrogen-bond donors (Lipinski definition) is 1. The van der Waals surface area contributed by atoms with Crippen molar-refractivity contribution < 1.29 is 0 Å². The fourth-order valence-electron chi connectivity index (χ4n) is 0.746. The van der Waals surface area contributed by atoms with Crippen LogP contribution in [0.25, 0.3) is 10.4 Å². The fraction of sp³-hybridized carbons (Fsp3) is 0.143. The predicted octanol–water partition coefficient (Wildman–Crippen LogP) is 2.67. The summed E-state index contributed by atoms with van der Waals surface area (Å²) in [5.41, 5.74) is 9.72. The summed E-state index contributed by atoms with van der Waals surface area (Å²) in [6.07, 6.45) is 0. The van der Waals surface area contributed by atoms with Gasteiger partial charge in [0.15, 0.2) is 0 Å². The first-order chi connectivity index (χ1) is 5.36. The number of hydrogen-bond acceptors (Lipinski definition) is 2. The van der Waals surface area contributed by atoms with Gasteiger partial charge in [-0.1, -0.05) is 17.2 Å². The lowest BCUT2D eigenvalue weighted by Crippen LogP contribution is -1.84. The first-order valence-corrected chi connectivity index (χ1v) is 3.19. The first-order valence-electron chi connectivity index (χ1n) is 3.19. The van der Waals surface area contributed by atoms with Crippen molar-refractivity contribution in [2.24, 2.45) is 5.11 Å². The van der Waals surface area contributed by atoms with Crippen molar-refractivity contribution >= 4 is 11.4 Å². The molecule has 0 unspecified atom stereocenters. The van der Waals surface area contributed by atoms with Gasteiger partial charge in [-0.3, -0.25) is 0 Å². The Morgan fingerprint density at radius 1 is 1.36 bits per heavy atom. The minimum atomic E-state index is 0.631. The molecular weight excluding hydrogens is 140 g/mol. The lowest BCUT2D eigenvalue weighted by Gasteiger charge is -1.97. The molecule has 0 radical (unpaired) electrons. The highest BCUT2D eigenvalue weighted by Gasteiger charge is 1.87. The molecule has 11 heavy (non-hydrogen) atoms. The molecule has 0 aliphatic carbocycles. The zero-order valence-electron chi connectivity index (χ0n) is 6.15. The van der Waals surface area contributed by atoms with Crippen molar-refractivity contribution in [3.05, 3.63) is 34.7 Å². The van der Waals surface area contributed by atoms with Crippen LogP contribution in [0.3, 0.4) is 0 Å². The van der Waals surface area contributed by atoms with Crippen molar-refractivity contribution in [2.45, 2.75) is 0 Å². The van der Waals surface area contributed by atoms with Crippen molar-refractivity contribution in [1.82, 2.24) is 0 Å². The average Bonchev–Trinajstić information content (AvgIpc) is 2.07. The smallest absolute Gasteiger partial charge is 0.0376 e. The molecule has 0 heterocycles. The van der Waals surface area contributed by atoms with Gasteiger partial charge >= 0.3 is 0 Å². The molecule has 0 spiro atoms. The van der Waals surface area contributed by atoms with Crippen LogP contribution >= 0.6 is 0 Å². The van der Waals surface area contributed by atoms with Crippen LogP contribution in [0, 0.1) is 0 Å². The largest absolute Gasteiger partial charge is 0.388 e. The van der Waals surface area contributed by atoms with Gasteiger partial charge in [-0.25, -0.2) is 0 Å². The number of rotatable bonds is 2. The molecule has 0 aliphatic heterocycles. The Morgan fingerprint density at radius 3 is 2.45 bits per heavy atom. The molecule has 4 heteroatoms. The maximum atomic E-state index is 8.09. The molecule has 0 aromatic heterocycles. The number of anilines is 1. The number of benzene rings is 1. The van der Waals surface area contributed by atoms with Crippen molar-refractivity contribution in [2.75, 3.05) is 12.4 Å². The molecule has 0 bridgehead atoms. The summed E-state index contributed by atoms with van der Waals surface area (Å²) in [6, 6.07) is 7.21. The van der Waals surface area contributed by atoms with Crippen molar-refractivity contribution in [3.63, 3.8) is 0 Å². The van der Waals surface area contributed by atoms with Crippen LogP contribution in [0.2, 0.25) is 0 Å². The summed E-state index contributed by atoms with van der Waals surface area (Å²) in [4.78, 5) is 2.67. The summed E-state index contributed by atoms with van der Waals surface area (Å²) in [5.74, 6) is 0. The second kappa shape index (κ2) is 3.49. The van der Waals surface area contributed by atoms with Gasteiger partial charge in [-0.15, -0.1) is 0 Å². The Kier molecular flexibility index (Phi) is 2.36. The van der Waals surface area contributed by atoms with E-state index in [1.807, 2.05) is 19.2 Å². The van der Waals surface area contributed by atoms with Crippen molar-refractivity contribution in [1.29, 1.82) is 0 Å². The topological polar surface area (TPSA) is 60.8 Å². The van der Waals surface area contributed by atoms with Gasteiger partial charge in [-0.2, -0.15) is 0 Å². The van der Waals surface area contributed by atoms with Gasteiger partial charge in [0.1, 0.15) is 0 Å². The minimum Gasteiger partial charge on any atom is -0.388 e. The van der Waals surface area contributed by atoms with E-state index in [9.17, 15) is 0 Å². The van der Waals surface area contributed by atoms with E-state index in [-0.39, 0.29) is 0 Å². The minimum absolute atomic E-state index is 0.631. The van der Waals surface area contributed by atoms with Crippen molar-refractivity contribution in [3.8, 4) is 0 Å². The van der Waals surface area contributed by atoms with Crippen LogP contribution in [0.1, 0.15) is 0 Å². The third kappa shape index (κ3) is 1.88. The van der Waals surface area contributed by atoms with Gasteiger partial charge in [-0.05, 0) is 17.7 Å². The summed E-state index contributed by atoms with van der Waals surface area (Å²) in [7, 11) is 1.84. The summed E-state index contributed by atoms with van der Waals surface area (Å²) < 4.78 is 0.